The molecule has 1 rings (SSSR count). The van der Waals surface area contributed by atoms with E-state index in [1.807, 2.05) is 6.92 Å². The molecular formula is C8H15F. The summed E-state index contributed by atoms with van der Waals surface area (Å²) in [6.45, 7) is 4.17. The Morgan fingerprint density at radius 2 is 1.89 bits per heavy atom. The molecule has 0 spiro atoms. The van der Waals surface area contributed by atoms with Gasteiger partial charge in [-0.25, -0.2) is 4.39 Å². The maximum absolute atomic E-state index is 12.8. The van der Waals surface area contributed by atoms with Crippen LogP contribution in [-0.2, 0) is 0 Å². The Bertz CT molecular complexity index is 80.6. The van der Waals surface area contributed by atoms with E-state index >= 15 is 0 Å². The first-order valence-corrected chi connectivity index (χ1v) is 3.86. The molecule has 0 aromatic rings. The Kier molecular flexibility index (Phi) is 2.09. The number of alkyl halides is 1. The van der Waals surface area contributed by atoms with Crippen LogP contribution in [0, 0.1) is 11.8 Å². The zero-order valence-electron chi connectivity index (χ0n) is 6.23. The molecule has 1 saturated carbocycles. The second kappa shape index (κ2) is 2.68. The molecule has 0 aromatic heterocycles. The fraction of sp³-hybridized carbons (Fsp3) is 1.00. The zero-order chi connectivity index (χ0) is 6.85. The van der Waals surface area contributed by atoms with Crippen molar-refractivity contribution < 1.29 is 4.39 Å². The van der Waals surface area contributed by atoms with Gasteiger partial charge in [-0.05, 0) is 18.3 Å². The van der Waals surface area contributed by atoms with Crippen molar-refractivity contribution in [3.8, 4) is 0 Å². The molecule has 1 aliphatic carbocycles. The first kappa shape index (κ1) is 7.04. The van der Waals surface area contributed by atoms with Gasteiger partial charge in [-0.15, -0.1) is 0 Å². The van der Waals surface area contributed by atoms with Gasteiger partial charge < -0.3 is 0 Å². The van der Waals surface area contributed by atoms with Crippen LogP contribution in [0.3, 0.4) is 0 Å². The van der Waals surface area contributed by atoms with Crippen molar-refractivity contribution in [2.24, 2.45) is 11.8 Å². The van der Waals surface area contributed by atoms with Crippen LogP contribution in [0.5, 0.6) is 0 Å². The van der Waals surface area contributed by atoms with Gasteiger partial charge in [-0.2, -0.15) is 0 Å². The summed E-state index contributed by atoms with van der Waals surface area (Å²) in [6.07, 6.45) is 2.59. The maximum atomic E-state index is 12.8. The second-order valence-electron chi connectivity index (χ2n) is 3.28. The summed E-state index contributed by atoms with van der Waals surface area (Å²) in [7, 11) is 0. The average Bonchev–Trinajstić information content (AvgIpc) is 1.83. The third kappa shape index (κ3) is 1.44. The van der Waals surface area contributed by atoms with Crippen LogP contribution in [0.15, 0.2) is 0 Å². The van der Waals surface area contributed by atoms with Crippen LogP contribution in [0.25, 0.3) is 0 Å². The molecule has 0 aromatic carbocycles. The summed E-state index contributed by atoms with van der Waals surface area (Å²) >= 11 is 0. The monoisotopic (exact) mass is 130 g/mol. The minimum Gasteiger partial charge on any atom is -0.247 e. The van der Waals surface area contributed by atoms with Crippen LogP contribution >= 0.6 is 0 Å². The molecule has 0 saturated heterocycles. The van der Waals surface area contributed by atoms with Crippen molar-refractivity contribution in [1.29, 1.82) is 0 Å². The molecule has 0 bridgehead atoms. The van der Waals surface area contributed by atoms with Crippen molar-refractivity contribution >= 4 is 0 Å². The smallest absolute Gasteiger partial charge is 0.103 e. The molecule has 0 amide bonds. The van der Waals surface area contributed by atoms with E-state index in [1.54, 1.807) is 0 Å². The third-order valence-electron chi connectivity index (χ3n) is 2.61. The largest absolute Gasteiger partial charge is 0.247 e. The molecule has 3 atom stereocenters. The first-order chi connectivity index (χ1) is 4.22. The molecule has 1 fully saturated rings. The highest BCUT2D eigenvalue weighted by Crippen LogP contribution is 2.31. The van der Waals surface area contributed by atoms with Crippen molar-refractivity contribution in [1.82, 2.24) is 0 Å². The molecule has 0 radical (unpaired) electrons. The highest BCUT2D eigenvalue weighted by Gasteiger charge is 2.26. The van der Waals surface area contributed by atoms with E-state index in [9.17, 15) is 4.39 Å². The number of halogens is 1. The van der Waals surface area contributed by atoms with Gasteiger partial charge in [0.2, 0.25) is 0 Å². The highest BCUT2D eigenvalue weighted by atomic mass is 19.1. The summed E-state index contributed by atoms with van der Waals surface area (Å²) in [5, 5.41) is 0. The van der Waals surface area contributed by atoms with Gasteiger partial charge in [0.25, 0.3) is 0 Å². The van der Waals surface area contributed by atoms with Crippen LogP contribution in [0.1, 0.15) is 33.1 Å². The van der Waals surface area contributed by atoms with Gasteiger partial charge in [0.15, 0.2) is 0 Å². The summed E-state index contributed by atoms with van der Waals surface area (Å²) < 4.78 is 12.8. The van der Waals surface area contributed by atoms with E-state index in [0.29, 0.717) is 11.8 Å². The predicted octanol–water partition coefficient (Wildman–Crippen LogP) is 2.78. The van der Waals surface area contributed by atoms with Crippen molar-refractivity contribution in [2.45, 2.75) is 39.3 Å². The molecular weight excluding hydrogens is 115 g/mol. The van der Waals surface area contributed by atoms with Crippen molar-refractivity contribution in [3.63, 3.8) is 0 Å². The zero-order valence-corrected chi connectivity index (χ0v) is 6.23. The van der Waals surface area contributed by atoms with Gasteiger partial charge in [-0.3, -0.25) is 0 Å². The predicted molar refractivity (Wildman–Crippen MR) is 37.1 cm³/mol. The fourth-order valence-corrected chi connectivity index (χ4v) is 1.52. The highest BCUT2D eigenvalue weighted by molar-refractivity contribution is 4.75. The van der Waals surface area contributed by atoms with E-state index in [0.717, 1.165) is 12.8 Å². The lowest BCUT2D eigenvalue weighted by Crippen LogP contribution is -2.24. The number of rotatable bonds is 0. The Morgan fingerprint density at radius 3 is 2.33 bits per heavy atom. The normalized spacial score (nSPS) is 45.0. The molecule has 0 nitrogen and oxygen atoms in total. The fourth-order valence-electron chi connectivity index (χ4n) is 1.52. The van der Waals surface area contributed by atoms with Crippen LogP contribution < -0.4 is 0 Å². The second-order valence-corrected chi connectivity index (χ2v) is 3.28. The van der Waals surface area contributed by atoms with Crippen LogP contribution in [0.2, 0.25) is 0 Å². The Labute approximate surface area is 56.5 Å². The first-order valence-electron chi connectivity index (χ1n) is 3.86. The molecule has 1 heteroatoms. The van der Waals surface area contributed by atoms with Crippen LogP contribution in [0.4, 0.5) is 4.39 Å². The average molecular weight is 130 g/mol. The number of hydrogen-bond donors (Lipinski definition) is 0. The van der Waals surface area contributed by atoms with Gasteiger partial charge >= 0.3 is 0 Å². The molecule has 0 aliphatic heterocycles. The molecule has 0 heterocycles. The standard InChI is InChI=1S/C8H15F/c1-6-4-3-5-8(9)7(6)2/h6-8H,3-5H2,1-2H3/t6-,7+,8+/m0/s1. The van der Waals surface area contributed by atoms with Gasteiger partial charge in [0.1, 0.15) is 6.17 Å². The number of hydrogen-bond acceptors (Lipinski definition) is 0. The van der Waals surface area contributed by atoms with E-state index in [-0.39, 0.29) is 0 Å². The third-order valence-corrected chi connectivity index (χ3v) is 2.61. The van der Waals surface area contributed by atoms with E-state index in [4.69, 9.17) is 0 Å². The minimum atomic E-state index is -0.520. The summed E-state index contributed by atoms with van der Waals surface area (Å²) in [5.41, 5.74) is 0. The summed E-state index contributed by atoms with van der Waals surface area (Å²) in [5.74, 6) is 0.910. The Morgan fingerprint density at radius 1 is 1.22 bits per heavy atom. The molecule has 0 N–H and O–H groups in total. The van der Waals surface area contributed by atoms with Crippen molar-refractivity contribution in [2.75, 3.05) is 0 Å². The van der Waals surface area contributed by atoms with Gasteiger partial charge in [-0.1, -0.05) is 26.7 Å². The van der Waals surface area contributed by atoms with Gasteiger partial charge in [0, 0.05) is 0 Å². The topological polar surface area (TPSA) is 0 Å². The Balaban J connectivity index is 2.41. The SMILES string of the molecule is C[C@H]1[C@H](F)CCC[C@@H]1C. The molecule has 0 unspecified atom stereocenters. The lowest BCUT2D eigenvalue weighted by molar-refractivity contribution is 0.130. The summed E-state index contributed by atoms with van der Waals surface area (Å²) in [6, 6.07) is 0. The quantitative estimate of drug-likeness (QED) is 0.473. The molecule has 1 aliphatic rings. The molecule has 9 heavy (non-hydrogen) atoms. The van der Waals surface area contributed by atoms with E-state index in [2.05, 4.69) is 6.92 Å². The lowest BCUT2D eigenvalue weighted by atomic mass is 9.80. The summed E-state index contributed by atoms with van der Waals surface area (Å²) in [4.78, 5) is 0. The lowest BCUT2D eigenvalue weighted by Gasteiger charge is -2.28. The van der Waals surface area contributed by atoms with Crippen LogP contribution in [-0.4, -0.2) is 6.17 Å². The van der Waals surface area contributed by atoms with E-state index < -0.39 is 6.17 Å². The maximum Gasteiger partial charge on any atom is 0.103 e. The van der Waals surface area contributed by atoms with E-state index in [1.165, 1.54) is 6.42 Å². The minimum absolute atomic E-state index is 0.304. The molecule has 54 valence electrons. The van der Waals surface area contributed by atoms with Gasteiger partial charge in [0.05, 0.1) is 0 Å². The Hall–Kier alpha value is -0.0700. The van der Waals surface area contributed by atoms with Crippen molar-refractivity contribution in [3.05, 3.63) is 0 Å².